The molecular formula is C60H118N10O8. The van der Waals surface area contributed by atoms with Crippen LogP contribution in [0.5, 0.6) is 0 Å². The largest absolute Gasteiger partial charge is 0.480 e. The first kappa shape index (κ1) is 74.1. The molecule has 0 radical (unpaired) electrons. The molecule has 0 aromatic heterocycles. The highest BCUT2D eigenvalue weighted by Crippen LogP contribution is 2.15. The zero-order valence-electron chi connectivity index (χ0n) is 49.4. The smallest absolute Gasteiger partial charge is 0.326 e. The molecular weight excluding hydrogens is 989 g/mol. The van der Waals surface area contributed by atoms with Gasteiger partial charge in [-0.3, -0.25) is 28.8 Å². The van der Waals surface area contributed by atoms with Gasteiger partial charge in [0, 0.05) is 32.4 Å². The third-order valence-electron chi connectivity index (χ3n) is 14.6. The maximum absolute atomic E-state index is 13.6. The number of nitrogens with two attached hydrogens (primary N) is 4. The summed E-state index contributed by atoms with van der Waals surface area (Å²) in [6.45, 7) is 5.39. The number of carboxylic acids is 1. The van der Waals surface area contributed by atoms with Gasteiger partial charge < -0.3 is 59.9 Å². The van der Waals surface area contributed by atoms with Crippen LogP contribution in [0.4, 0.5) is 0 Å². The second kappa shape index (κ2) is 55.1. The van der Waals surface area contributed by atoms with Crippen molar-refractivity contribution in [2.45, 2.75) is 301 Å². The van der Waals surface area contributed by atoms with Gasteiger partial charge in [0.25, 0.3) is 0 Å². The molecule has 0 aliphatic heterocycles. The van der Waals surface area contributed by atoms with Crippen molar-refractivity contribution in [2.75, 3.05) is 39.3 Å². The van der Waals surface area contributed by atoms with E-state index in [1.54, 1.807) is 0 Å². The summed E-state index contributed by atoms with van der Waals surface area (Å²) >= 11 is 0. The van der Waals surface area contributed by atoms with Crippen LogP contribution in [0, 0.1) is 0 Å². The van der Waals surface area contributed by atoms with Crippen molar-refractivity contribution in [3.63, 3.8) is 0 Å². The molecule has 0 fully saturated rings. The Kier molecular flexibility index (Phi) is 52.3. The molecule has 4 atom stereocenters. The minimum Gasteiger partial charge on any atom is -0.480 e. The van der Waals surface area contributed by atoms with Gasteiger partial charge in [0.2, 0.25) is 35.4 Å². The summed E-state index contributed by atoms with van der Waals surface area (Å²) in [5.41, 5.74) is 22.7. The number of hydrogen-bond acceptors (Lipinski definition) is 11. The molecule has 18 nitrogen and oxygen atoms in total. The van der Waals surface area contributed by atoms with E-state index in [4.69, 9.17) is 22.9 Å². The van der Waals surface area contributed by atoms with Crippen LogP contribution >= 0.6 is 0 Å². The molecule has 0 aromatic rings. The second-order valence-electron chi connectivity index (χ2n) is 21.9. The topological polar surface area (TPSA) is 316 Å². The van der Waals surface area contributed by atoms with Crippen molar-refractivity contribution >= 4 is 41.4 Å². The Morgan fingerprint density at radius 3 is 0.872 bits per heavy atom. The Labute approximate surface area is 473 Å². The van der Waals surface area contributed by atoms with Crippen LogP contribution in [0.2, 0.25) is 0 Å². The van der Waals surface area contributed by atoms with E-state index in [1.807, 2.05) is 0 Å². The van der Waals surface area contributed by atoms with Crippen LogP contribution in [-0.4, -0.2) is 110 Å². The zero-order valence-corrected chi connectivity index (χ0v) is 49.4. The summed E-state index contributed by atoms with van der Waals surface area (Å²) in [5, 5.41) is 27.0. The Morgan fingerprint density at radius 1 is 0.308 bits per heavy atom. The minimum atomic E-state index is -1.01. The number of aliphatic carboxylic acids is 1. The van der Waals surface area contributed by atoms with E-state index < -0.39 is 30.1 Å². The molecule has 0 saturated carbocycles. The Morgan fingerprint density at radius 2 is 0.564 bits per heavy atom. The lowest BCUT2D eigenvalue weighted by molar-refractivity contribution is -0.142. The van der Waals surface area contributed by atoms with Gasteiger partial charge >= 0.3 is 5.97 Å². The quantitative estimate of drug-likeness (QED) is 0.0256. The molecule has 0 aliphatic carbocycles. The molecule has 0 rings (SSSR count). The maximum atomic E-state index is 13.6. The first-order valence-corrected chi connectivity index (χ1v) is 31.7. The van der Waals surface area contributed by atoms with Crippen molar-refractivity contribution in [1.82, 2.24) is 31.9 Å². The summed E-state index contributed by atoms with van der Waals surface area (Å²) in [6, 6.07) is -2.84. The van der Waals surface area contributed by atoms with Crippen LogP contribution < -0.4 is 54.8 Å². The lowest BCUT2D eigenvalue weighted by Gasteiger charge is -2.23. The van der Waals surface area contributed by atoms with E-state index in [-0.39, 0.29) is 35.4 Å². The second-order valence-corrected chi connectivity index (χ2v) is 21.9. The Bertz CT molecular complexity index is 1510. The highest BCUT2D eigenvalue weighted by atomic mass is 16.4. The normalized spacial score (nSPS) is 12.8. The maximum Gasteiger partial charge on any atom is 0.326 e. The van der Waals surface area contributed by atoms with Gasteiger partial charge in [0.15, 0.2) is 0 Å². The number of carbonyl (C=O) groups excluding carboxylic acids is 6. The molecule has 0 unspecified atom stereocenters. The van der Waals surface area contributed by atoms with Gasteiger partial charge in [-0.25, -0.2) is 4.79 Å². The van der Waals surface area contributed by atoms with E-state index >= 15 is 0 Å². The molecule has 0 heterocycles. The SMILES string of the molecule is CCCCCCCCCCCC(=O)N[C@@H](CCCCN)C(=O)NCCCCCCCCCCCC(=O)N[C@@H](CCCCN)C(=O)N[C@@H](CCCCN)C(=O)NCCCCCCCCCCCC(=O)N[C@@H](CCCCN)C(=O)O. The molecule has 0 aromatic carbocycles. The van der Waals surface area contributed by atoms with E-state index in [0.717, 1.165) is 167 Å². The predicted octanol–water partition coefficient (Wildman–Crippen LogP) is 8.48. The van der Waals surface area contributed by atoms with Gasteiger partial charge in [-0.05, 0) is 135 Å². The van der Waals surface area contributed by atoms with Gasteiger partial charge in [-0.15, -0.1) is 0 Å². The van der Waals surface area contributed by atoms with Gasteiger partial charge in [-0.2, -0.15) is 0 Å². The first-order chi connectivity index (χ1) is 37.9. The molecule has 0 saturated heterocycles. The van der Waals surface area contributed by atoms with Gasteiger partial charge in [0.05, 0.1) is 0 Å². The number of unbranched alkanes of at least 4 members (excludes halogenated alkanes) is 28. The molecule has 15 N–H and O–H groups in total. The number of rotatable bonds is 58. The predicted molar refractivity (Wildman–Crippen MR) is 317 cm³/mol. The van der Waals surface area contributed by atoms with Crippen molar-refractivity contribution in [2.24, 2.45) is 22.9 Å². The Balaban J connectivity index is 4.50. The molecule has 18 heteroatoms. The summed E-state index contributed by atoms with van der Waals surface area (Å²) in [7, 11) is 0. The van der Waals surface area contributed by atoms with E-state index in [0.29, 0.717) is 103 Å². The fraction of sp³-hybridized carbons (Fsp3) is 0.883. The average molecular weight is 1110 g/mol. The van der Waals surface area contributed by atoms with Crippen molar-refractivity contribution < 1.29 is 38.7 Å². The highest BCUT2D eigenvalue weighted by Gasteiger charge is 2.27. The van der Waals surface area contributed by atoms with Crippen LogP contribution in [0.25, 0.3) is 0 Å². The number of carboxylic acid groups (broad SMARTS) is 1. The van der Waals surface area contributed by atoms with E-state index in [9.17, 15) is 38.7 Å². The summed E-state index contributed by atoms with van der Waals surface area (Å²) in [6.07, 6.45) is 37.4. The zero-order chi connectivity index (χ0) is 57.5. The molecule has 0 spiro atoms. The van der Waals surface area contributed by atoms with Crippen LogP contribution in [0.1, 0.15) is 277 Å². The number of hydrogen-bond donors (Lipinski definition) is 11. The first-order valence-electron chi connectivity index (χ1n) is 31.7. The summed E-state index contributed by atoms with van der Waals surface area (Å²) in [5.74, 6) is -2.12. The van der Waals surface area contributed by atoms with Gasteiger partial charge in [-0.1, -0.05) is 148 Å². The fourth-order valence-electron chi connectivity index (χ4n) is 9.67. The van der Waals surface area contributed by atoms with Crippen LogP contribution in [-0.2, 0) is 33.6 Å². The van der Waals surface area contributed by atoms with Gasteiger partial charge in [0.1, 0.15) is 24.2 Å². The summed E-state index contributed by atoms with van der Waals surface area (Å²) < 4.78 is 0. The number of amides is 6. The van der Waals surface area contributed by atoms with E-state index in [1.165, 1.54) is 38.5 Å². The number of carbonyl (C=O) groups is 7. The lowest BCUT2D eigenvalue weighted by Crippen LogP contribution is -2.53. The average Bonchev–Trinajstić information content (AvgIpc) is 3.42. The Hall–Kier alpha value is -3.87. The minimum absolute atomic E-state index is 0.0410. The molecule has 0 bridgehead atoms. The molecule has 0 aliphatic rings. The van der Waals surface area contributed by atoms with Crippen LogP contribution in [0.3, 0.4) is 0 Å². The monoisotopic (exact) mass is 1110 g/mol. The summed E-state index contributed by atoms with van der Waals surface area (Å²) in [4.78, 5) is 89.5. The third kappa shape index (κ3) is 45.9. The fourth-order valence-corrected chi connectivity index (χ4v) is 9.67. The van der Waals surface area contributed by atoms with Crippen molar-refractivity contribution in [3.05, 3.63) is 0 Å². The highest BCUT2D eigenvalue weighted by molar-refractivity contribution is 5.92. The van der Waals surface area contributed by atoms with Crippen molar-refractivity contribution in [3.8, 4) is 0 Å². The van der Waals surface area contributed by atoms with Crippen LogP contribution in [0.15, 0.2) is 0 Å². The molecule has 456 valence electrons. The third-order valence-corrected chi connectivity index (χ3v) is 14.6. The lowest BCUT2D eigenvalue weighted by atomic mass is 10.0. The standard InChI is InChI=1S/C60H118N10O8/c1-2-3-4-5-6-9-14-19-24-41-54(71)67-50(37-27-31-44-61)57(74)65-48-35-22-17-12-7-10-15-20-25-42-55(72)68-52(39-29-33-46-63)59(76)70-51(38-28-32-45-62)58(75)66-49-36-23-18-13-8-11-16-21-26-43-56(73)69-53(60(77)78)40-30-34-47-64/h50-53H,2-49,61-64H2,1H3,(H,65,74)(H,66,75)(H,67,71)(H,68,72)(H,69,73)(H,70,76)(H,77,78)/t50-,51-,52-,53-/m0/s1. The van der Waals surface area contributed by atoms with Crippen molar-refractivity contribution in [1.29, 1.82) is 0 Å². The van der Waals surface area contributed by atoms with E-state index in [2.05, 4.69) is 38.8 Å². The number of nitrogens with one attached hydrogen (secondary N) is 6. The molecule has 6 amide bonds. The molecule has 78 heavy (non-hydrogen) atoms.